The number of oxime groups is 1. The fraction of sp³-hybridized carbons (Fsp3) is 0.909. The van der Waals surface area contributed by atoms with Crippen molar-refractivity contribution in [2.24, 2.45) is 10.9 Å². The van der Waals surface area contributed by atoms with Crippen LogP contribution in [0.15, 0.2) is 5.16 Å². The molecule has 0 aromatic rings. The third-order valence-electron chi connectivity index (χ3n) is 3.11. The highest BCUT2D eigenvalue weighted by Crippen LogP contribution is 2.17. The molecule has 0 saturated carbocycles. The van der Waals surface area contributed by atoms with Gasteiger partial charge < -0.3 is 15.7 Å². The molecular formula is C11H23N3O2. The van der Waals surface area contributed by atoms with Crippen LogP contribution in [0.3, 0.4) is 0 Å². The number of amidine groups is 1. The average Bonchev–Trinajstić information content (AvgIpc) is 2.34. The molecule has 1 fully saturated rings. The van der Waals surface area contributed by atoms with E-state index < -0.39 is 0 Å². The maximum atomic E-state index is 8.73. The molecule has 0 radical (unpaired) electrons. The number of nitrogens with two attached hydrogens (primary N) is 1. The van der Waals surface area contributed by atoms with E-state index in [1.807, 2.05) is 0 Å². The molecule has 0 aromatic heterocycles. The smallest absolute Gasteiger partial charge is 0.156 e. The van der Waals surface area contributed by atoms with E-state index in [1.165, 1.54) is 6.42 Å². The predicted octanol–water partition coefficient (Wildman–Crippen LogP) is 1.01. The standard InChI is InChI=1S/C11H23N3O2/c1-16-9-5-4-8-14-7-3-2-6-10(14)11(12)13-15/h10,15H,2-9H2,1H3,(H2,12,13). The number of hydrogen-bond donors (Lipinski definition) is 2. The quantitative estimate of drug-likeness (QED) is 0.234. The summed E-state index contributed by atoms with van der Waals surface area (Å²) in [6.45, 7) is 2.86. The number of nitrogens with zero attached hydrogens (tertiary/aromatic N) is 2. The molecule has 0 aliphatic carbocycles. The molecule has 1 unspecified atom stereocenters. The van der Waals surface area contributed by atoms with Gasteiger partial charge in [0.05, 0.1) is 6.04 Å². The zero-order chi connectivity index (χ0) is 11.8. The Kier molecular flexibility index (Phi) is 6.18. The first-order valence-corrected chi connectivity index (χ1v) is 6.00. The lowest BCUT2D eigenvalue weighted by Gasteiger charge is -2.34. The van der Waals surface area contributed by atoms with E-state index in [0.717, 1.165) is 45.4 Å². The van der Waals surface area contributed by atoms with Crippen LogP contribution in [-0.2, 0) is 4.74 Å². The first-order chi connectivity index (χ1) is 7.79. The molecule has 1 rings (SSSR count). The molecule has 1 aliphatic rings. The van der Waals surface area contributed by atoms with Crippen LogP contribution < -0.4 is 5.73 Å². The molecule has 0 bridgehead atoms. The van der Waals surface area contributed by atoms with E-state index in [9.17, 15) is 0 Å². The fourth-order valence-corrected chi connectivity index (χ4v) is 2.22. The molecule has 1 atom stereocenters. The first-order valence-electron chi connectivity index (χ1n) is 6.00. The second kappa shape index (κ2) is 7.46. The minimum atomic E-state index is 0.126. The van der Waals surface area contributed by atoms with Crippen molar-refractivity contribution in [1.82, 2.24) is 4.90 Å². The summed E-state index contributed by atoms with van der Waals surface area (Å²) >= 11 is 0. The number of likely N-dealkylation sites (tertiary alicyclic amines) is 1. The lowest BCUT2D eigenvalue weighted by Crippen LogP contribution is -2.48. The summed E-state index contributed by atoms with van der Waals surface area (Å²) in [6.07, 6.45) is 5.54. The van der Waals surface area contributed by atoms with E-state index in [-0.39, 0.29) is 6.04 Å². The van der Waals surface area contributed by atoms with Gasteiger partial charge in [0, 0.05) is 13.7 Å². The lowest BCUT2D eigenvalue weighted by atomic mass is 10.0. The van der Waals surface area contributed by atoms with Gasteiger partial charge >= 0.3 is 0 Å². The second-order valence-corrected chi connectivity index (χ2v) is 4.27. The van der Waals surface area contributed by atoms with Crippen LogP contribution in [0.2, 0.25) is 0 Å². The van der Waals surface area contributed by atoms with E-state index in [2.05, 4.69) is 10.1 Å². The van der Waals surface area contributed by atoms with Crippen molar-refractivity contribution >= 4 is 5.84 Å². The number of hydrogen-bond acceptors (Lipinski definition) is 4. The molecule has 5 heteroatoms. The summed E-state index contributed by atoms with van der Waals surface area (Å²) in [5, 5.41) is 11.9. The molecular weight excluding hydrogens is 206 g/mol. The van der Waals surface area contributed by atoms with Crippen LogP contribution in [0.25, 0.3) is 0 Å². The van der Waals surface area contributed by atoms with Gasteiger partial charge in [-0.2, -0.15) is 0 Å². The molecule has 0 amide bonds. The Morgan fingerprint density at radius 3 is 3.00 bits per heavy atom. The molecule has 94 valence electrons. The van der Waals surface area contributed by atoms with Gasteiger partial charge in [-0.3, -0.25) is 4.90 Å². The number of piperidine rings is 1. The number of ether oxygens (including phenoxy) is 1. The van der Waals surface area contributed by atoms with Gasteiger partial charge in [0.25, 0.3) is 0 Å². The van der Waals surface area contributed by atoms with Gasteiger partial charge in [-0.15, -0.1) is 0 Å². The molecule has 5 nitrogen and oxygen atoms in total. The normalized spacial score (nSPS) is 23.6. The Labute approximate surface area is 97.2 Å². The summed E-state index contributed by atoms with van der Waals surface area (Å²) in [5.74, 6) is 0.353. The summed E-state index contributed by atoms with van der Waals surface area (Å²) < 4.78 is 5.02. The van der Waals surface area contributed by atoms with Crippen molar-refractivity contribution in [3.05, 3.63) is 0 Å². The zero-order valence-electron chi connectivity index (χ0n) is 10.1. The minimum Gasteiger partial charge on any atom is -0.409 e. The molecule has 1 heterocycles. The van der Waals surface area contributed by atoms with Gasteiger partial charge in [0.2, 0.25) is 0 Å². The number of rotatable bonds is 6. The largest absolute Gasteiger partial charge is 0.409 e. The average molecular weight is 229 g/mol. The van der Waals surface area contributed by atoms with Crippen LogP contribution >= 0.6 is 0 Å². The second-order valence-electron chi connectivity index (χ2n) is 4.27. The topological polar surface area (TPSA) is 71.1 Å². The Balaban J connectivity index is 2.35. The Morgan fingerprint density at radius 2 is 2.31 bits per heavy atom. The van der Waals surface area contributed by atoms with Gasteiger partial charge in [0.15, 0.2) is 5.84 Å². The van der Waals surface area contributed by atoms with Crippen LogP contribution in [0.5, 0.6) is 0 Å². The molecule has 0 aromatic carbocycles. The van der Waals surface area contributed by atoms with Crippen molar-refractivity contribution < 1.29 is 9.94 Å². The maximum Gasteiger partial charge on any atom is 0.156 e. The van der Waals surface area contributed by atoms with Gasteiger partial charge in [-0.25, -0.2) is 0 Å². The fourth-order valence-electron chi connectivity index (χ4n) is 2.22. The minimum absolute atomic E-state index is 0.126. The highest BCUT2D eigenvalue weighted by Gasteiger charge is 2.25. The van der Waals surface area contributed by atoms with E-state index >= 15 is 0 Å². The first kappa shape index (κ1) is 13.3. The van der Waals surface area contributed by atoms with Crippen molar-refractivity contribution in [3.63, 3.8) is 0 Å². The lowest BCUT2D eigenvalue weighted by molar-refractivity contribution is 0.162. The van der Waals surface area contributed by atoms with Crippen LogP contribution in [0, 0.1) is 0 Å². The Hall–Kier alpha value is -0.810. The van der Waals surface area contributed by atoms with E-state index in [4.69, 9.17) is 15.7 Å². The molecule has 1 aliphatic heterocycles. The number of methoxy groups -OCH3 is 1. The molecule has 3 N–H and O–H groups in total. The highest BCUT2D eigenvalue weighted by atomic mass is 16.5. The summed E-state index contributed by atoms with van der Waals surface area (Å²) in [4.78, 5) is 2.31. The molecule has 16 heavy (non-hydrogen) atoms. The van der Waals surface area contributed by atoms with E-state index in [1.54, 1.807) is 7.11 Å². The summed E-state index contributed by atoms with van der Waals surface area (Å²) in [7, 11) is 1.72. The van der Waals surface area contributed by atoms with Crippen molar-refractivity contribution in [1.29, 1.82) is 0 Å². The van der Waals surface area contributed by atoms with Crippen LogP contribution in [-0.4, -0.2) is 48.8 Å². The van der Waals surface area contributed by atoms with Crippen LogP contribution in [0.1, 0.15) is 32.1 Å². The monoisotopic (exact) mass is 229 g/mol. The van der Waals surface area contributed by atoms with Crippen molar-refractivity contribution in [3.8, 4) is 0 Å². The van der Waals surface area contributed by atoms with Gasteiger partial charge in [0.1, 0.15) is 0 Å². The summed E-state index contributed by atoms with van der Waals surface area (Å²) in [5.41, 5.74) is 5.70. The van der Waals surface area contributed by atoms with Crippen LogP contribution in [0.4, 0.5) is 0 Å². The summed E-state index contributed by atoms with van der Waals surface area (Å²) in [6, 6.07) is 0.126. The van der Waals surface area contributed by atoms with Crippen molar-refractivity contribution in [2.45, 2.75) is 38.1 Å². The highest BCUT2D eigenvalue weighted by molar-refractivity contribution is 5.85. The SMILES string of the molecule is COCCCCN1CCCCC1C(N)=NO. The van der Waals surface area contributed by atoms with Gasteiger partial charge in [-0.1, -0.05) is 11.6 Å². The van der Waals surface area contributed by atoms with Gasteiger partial charge in [-0.05, 0) is 38.8 Å². The molecule has 0 spiro atoms. The predicted molar refractivity (Wildman–Crippen MR) is 63.7 cm³/mol. The third-order valence-corrected chi connectivity index (χ3v) is 3.11. The molecule has 1 saturated heterocycles. The Bertz CT molecular complexity index is 221. The third kappa shape index (κ3) is 3.98. The number of unbranched alkanes of at least 4 members (excludes halogenated alkanes) is 1. The van der Waals surface area contributed by atoms with E-state index in [0.29, 0.717) is 5.84 Å². The Morgan fingerprint density at radius 1 is 1.50 bits per heavy atom. The zero-order valence-corrected chi connectivity index (χ0v) is 10.1. The van der Waals surface area contributed by atoms with Crippen molar-refractivity contribution in [2.75, 3.05) is 26.8 Å². The maximum absolute atomic E-state index is 8.73.